The lowest BCUT2D eigenvalue weighted by molar-refractivity contribution is 0.0709. The number of amides is 1. The summed E-state index contributed by atoms with van der Waals surface area (Å²) in [5.74, 6) is -0.0159. The number of hydrogen-bond acceptors (Lipinski definition) is 2. The largest absolute Gasteiger partial charge is 0.380 e. The van der Waals surface area contributed by atoms with Gasteiger partial charge in [-0.1, -0.05) is 15.9 Å². The number of rotatable bonds is 5. The topological polar surface area (TPSA) is 29.5 Å². The molecule has 0 aliphatic carbocycles. The van der Waals surface area contributed by atoms with Crippen molar-refractivity contribution in [2.45, 2.75) is 6.92 Å². The van der Waals surface area contributed by atoms with Crippen molar-refractivity contribution in [2.24, 2.45) is 0 Å². The average molecular weight is 365 g/mol. The minimum atomic E-state index is -0.0159. The zero-order valence-corrected chi connectivity index (χ0v) is 13.0. The van der Waals surface area contributed by atoms with Gasteiger partial charge in [-0.05, 0) is 41.1 Å². The third-order valence-electron chi connectivity index (χ3n) is 2.28. The number of benzene rings is 1. The number of likely N-dealkylation sites (N-methyl/N-ethyl adjacent to an activating group) is 1. The van der Waals surface area contributed by atoms with Crippen molar-refractivity contribution in [1.29, 1.82) is 0 Å². The predicted octanol–water partition coefficient (Wildman–Crippen LogP) is 3.32. The van der Waals surface area contributed by atoms with E-state index in [0.29, 0.717) is 25.3 Å². The maximum atomic E-state index is 12.1. The van der Waals surface area contributed by atoms with Crippen molar-refractivity contribution >= 4 is 37.8 Å². The summed E-state index contributed by atoms with van der Waals surface area (Å²) in [7, 11) is 1.77. The maximum Gasteiger partial charge on any atom is 0.254 e. The molecule has 0 heterocycles. The van der Waals surface area contributed by atoms with Crippen LogP contribution in [-0.4, -0.2) is 37.6 Å². The van der Waals surface area contributed by atoms with Crippen LogP contribution >= 0.6 is 31.9 Å². The zero-order chi connectivity index (χ0) is 12.8. The SMILES string of the molecule is CCOCCN(C)C(=O)c1cc(Br)ccc1Br. The van der Waals surface area contributed by atoms with Crippen LogP contribution in [0.5, 0.6) is 0 Å². The lowest BCUT2D eigenvalue weighted by Crippen LogP contribution is -2.30. The van der Waals surface area contributed by atoms with E-state index < -0.39 is 0 Å². The van der Waals surface area contributed by atoms with Gasteiger partial charge < -0.3 is 9.64 Å². The van der Waals surface area contributed by atoms with Crippen LogP contribution in [0.4, 0.5) is 0 Å². The Kier molecular flexibility index (Phi) is 6.16. The number of carbonyl (C=O) groups is 1. The second kappa shape index (κ2) is 7.13. The monoisotopic (exact) mass is 363 g/mol. The van der Waals surface area contributed by atoms with Crippen LogP contribution in [0.1, 0.15) is 17.3 Å². The van der Waals surface area contributed by atoms with Crippen molar-refractivity contribution in [2.75, 3.05) is 26.8 Å². The third-order valence-corrected chi connectivity index (χ3v) is 3.47. The molecule has 0 aromatic heterocycles. The molecule has 0 N–H and O–H groups in total. The fourth-order valence-corrected chi connectivity index (χ4v) is 2.09. The van der Waals surface area contributed by atoms with Gasteiger partial charge in [-0.25, -0.2) is 0 Å². The van der Waals surface area contributed by atoms with Gasteiger partial charge in [0.15, 0.2) is 0 Å². The highest BCUT2D eigenvalue weighted by molar-refractivity contribution is 9.11. The summed E-state index contributed by atoms with van der Waals surface area (Å²) in [4.78, 5) is 13.8. The van der Waals surface area contributed by atoms with Crippen molar-refractivity contribution in [3.05, 3.63) is 32.7 Å². The van der Waals surface area contributed by atoms with E-state index in [1.165, 1.54) is 0 Å². The van der Waals surface area contributed by atoms with Crippen LogP contribution in [0.2, 0.25) is 0 Å². The van der Waals surface area contributed by atoms with Gasteiger partial charge in [-0.2, -0.15) is 0 Å². The number of hydrogen-bond donors (Lipinski definition) is 0. The van der Waals surface area contributed by atoms with Gasteiger partial charge in [0.2, 0.25) is 0 Å². The minimum Gasteiger partial charge on any atom is -0.380 e. The first-order valence-corrected chi connectivity index (χ1v) is 6.93. The molecule has 0 unspecified atom stereocenters. The summed E-state index contributed by atoms with van der Waals surface area (Å²) in [5, 5.41) is 0. The smallest absolute Gasteiger partial charge is 0.254 e. The van der Waals surface area contributed by atoms with Gasteiger partial charge in [-0.3, -0.25) is 4.79 Å². The molecule has 0 radical (unpaired) electrons. The molecule has 0 aliphatic rings. The molecule has 0 fully saturated rings. The molecular formula is C12H15Br2NO2. The van der Waals surface area contributed by atoms with E-state index in [2.05, 4.69) is 31.9 Å². The van der Waals surface area contributed by atoms with Crippen LogP contribution in [-0.2, 0) is 4.74 Å². The molecule has 0 spiro atoms. The Morgan fingerprint density at radius 3 is 2.76 bits per heavy atom. The standard InChI is InChI=1S/C12H15Br2NO2/c1-3-17-7-6-15(2)12(16)10-8-9(13)4-5-11(10)14/h4-5,8H,3,6-7H2,1-2H3. The summed E-state index contributed by atoms with van der Waals surface area (Å²) < 4.78 is 6.92. The average Bonchev–Trinajstić information content (AvgIpc) is 2.31. The van der Waals surface area contributed by atoms with Crippen LogP contribution in [0.15, 0.2) is 27.1 Å². The molecule has 1 aromatic carbocycles. The van der Waals surface area contributed by atoms with E-state index in [0.717, 1.165) is 8.95 Å². The molecule has 1 amide bonds. The molecule has 0 saturated heterocycles. The first-order valence-electron chi connectivity index (χ1n) is 5.34. The summed E-state index contributed by atoms with van der Waals surface area (Å²) in [5.41, 5.74) is 0.651. The fraction of sp³-hybridized carbons (Fsp3) is 0.417. The Bertz CT molecular complexity index is 396. The summed E-state index contributed by atoms with van der Waals surface area (Å²) in [6, 6.07) is 5.55. The van der Waals surface area contributed by atoms with Crippen LogP contribution < -0.4 is 0 Å². The molecule has 5 heteroatoms. The Morgan fingerprint density at radius 2 is 2.12 bits per heavy atom. The third kappa shape index (κ3) is 4.41. The second-order valence-corrected chi connectivity index (χ2v) is 5.32. The Morgan fingerprint density at radius 1 is 1.41 bits per heavy atom. The van der Waals surface area contributed by atoms with Crippen molar-refractivity contribution in [3.8, 4) is 0 Å². The van der Waals surface area contributed by atoms with Crippen molar-refractivity contribution in [3.63, 3.8) is 0 Å². The molecule has 0 bridgehead atoms. The highest BCUT2D eigenvalue weighted by atomic mass is 79.9. The van der Waals surface area contributed by atoms with E-state index in [4.69, 9.17) is 4.74 Å². The predicted molar refractivity (Wildman–Crippen MR) is 75.3 cm³/mol. The van der Waals surface area contributed by atoms with Gasteiger partial charge in [0.25, 0.3) is 5.91 Å². The van der Waals surface area contributed by atoms with E-state index in [1.807, 2.05) is 25.1 Å². The highest BCUT2D eigenvalue weighted by Gasteiger charge is 2.14. The van der Waals surface area contributed by atoms with Gasteiger partial charge in [0.05, 0.1) is 12.2 Å². The Hall–Kier alpha value is -0.390. The molecule has 17 heavy (non-hydrogen) atoms. The van der Waals surface area contributed by atoms with Crippen LogP contribution in [0.25, 0.3) is 0 Å². The summed E-state index contributed by atoms with van der Waals surface area (Å²) in [6.07, 6.45) is 0. The quantitative estimate of drug-likeness (QED) is 0.750. The zero-order valence-electron chi connectivity index (χ0n) is 9.87. The van der Waals surface area contributed by atoms with Crippen molar-refractivity contribution < 1.29 is 9.53 Å². The van der Waals surface area contributed by atoms with E-state index in [1.54, 1.807) is 11.9 Å². The maximum absolute atomic E-state index is 12.1. The minimum absolute atomic E-state index is 0.0159. The number of halogens is 2. The number of ether oxygens (including phenoxy) is 1. The van der Waals surface area contributed by atoms with E-state index in [9.17, 15) is 4.79 Å². The van der Waals surface area contributed by atoms with Crippen LogP contribution in [0, 0.1) is 0 Å². The first-order chi connectivity index (χ1) is 8.06. The Balaban J connectivity index is 2.71. The van der Waals surface area contributed by atoms with Gasteiger partial charge >= 0.3 is 0 Å². The lowest BCUT2D eigenvalue weighted by atomic mass is 10.2. The van der Waals surface area contributed by atoms with E-state index in [-0.39, 0.29) is 5.91 Å². The fourth-order valence-electron chi connectivity index (χ4n) is 1.31. The molecule has 0 saturated carbocycles. The summed E-state index contributed by atoms with van der Waals surface area (Å²) in [6.45, 7) is 3.76. The second-order valence-electron chi connectivity index (χ2n) is 3.55. The molecular weight excluding hydrogens is 350 g/mol. The molecule has 3 nitrogen and oxygen atoms in total. The Labute approximate surface area is 118 Å². The van der Waals surface area contributed by atoms with Gasteiger partial charge in [-0.15, -0.1) is 0 Å². The number of nitrogens with zero attached hydrogens (tertiary/aromatic N) is 1. The molecule has 0 atom stereocenters. The van der Waals surface area contributed by atoms with Crippen molar-refractivity contribution in [1.82, 2.24) is 4.90 Å². The normalized spacial score (nSPS) is 10.4. The first kappa shape index (κ1) is 14.7. The van der Waals surface area contributed by atoms with Gasteiger partial charge in [0, 0.05) is 29.1 Å². The highest BCUT2D eigenvalue weighted by Crippen LogP contribution is 2.22. The van der Waals surface area contributed by atoms with E-state index >= 15 is 0 Å². The molecule has 0 aliphatic heterocycles. The summed E-state index contributed by atoms with van der Waals surface area (Å²) >= 11 is 6.74. The molecule has 1 rings (SSSR count). The van der Waals surface area contributed by atoms with Gasteiger partial charge in [0.1, 0.15) is 0 Å². The lowest BCUT2D eigenvalue weighted by Gasteiger charge is -2.17. The van der Waals surface area contributed by atoms with Crippen LogP contribution in [0.3, 0.4) is 0 Å². The molecule has 94 valence electrons. The molecule has 1 aromatic rings. The number of carbonyl (C=O) groups excluding carboxylic acids is 1.